The van der Waals surface area contributed by atoms with E-state index in [9.17, 15) is 31.1 Å². The summed E-state index contributed by atoms with van der Waals surface area (Å²) in [5, 5.41) is 14.2. The lowest BCUT2D eigenvalue weighted by molar-refractivity contribution is -0.193. The molecule has 1 unspecified atom stereocenters. The van der Waals surface area contributed by atoms with Crippen molar-refractivity contribution < 1.29 is 55.7 Å². The molecule has 2 aliphatic heterocycles. The molecule has 0 aliphatic carbocycles. The number of rotatable bonds is 6. The van der Waals surface area contributed by atoms with E-state index in [1.165, 1.54) is 0 Å². The fraction of sp³-hybridized carbons (Fsp3) is 0.481. The second-order valence-electron chi connectivity index (χ2n) is 9.58. The highest BCUT2D eigenvalue weighted by atomic mass is 19.4. The second kappa shape index (κ2) is 15.0. The first-order chi connectivity index (χ1) is 19.6. The Bertz CT molecular complexity index is 1130. The summed E-state index contributed by atoms with van der Waals surface area (Å²) < 4.78 is 68.8. The third kappa shape index (κ3) is 9.98. The van der Waals surface area contributed by atoms with E-state index in [0.717, 1.165) is 50.2 Å². The summed E-state index contributed by atoms with van der Waals surface area (Å²) in [6.07, 6.45) is -5.37. The van der Waals surface area contributed by atoms with Crippen molar-refractivity contribution in [3.05, 3.63) is 66.0 Å². The Balaban J connectivity index is 0.000000367. The topological polar surface area (TPSA) is 120 Å². The summed E-state index contributed by atoms with van der Waals surface area (Å²) >= 11 is 0. The average molecular weight is 608 g/mol. The number of carboxylic acids is 2. The molecule has 2 aromatic rings. The molecule has 42 heavy (non-hydrogen) atoms. The molecule has 4 rings (SSSR count). The monoisotopic (exact) mass is 607 g/mol. The maximum Gasteiger partial charge on any atom is 0.490 e. The van der Waals surface area contributed by atoms with E-state index in [2.05, 4.69) is 33.0 Å². The molecule has 1 spiro atoms. The van der Waals surface area contributed by atoms with Crippen LogP contribution in [0, 0.1) is 0 Å². The van der Waals surface area contributed by atoms with Crippen molar-refractivity contribution in [3.63, 3.8) is 0 Å². The maximum absolute atomic E-state index is 13.3. The van der Waals surface area contributed by atoms with Crippen molar-refractivity contribution in [2.75, 3.05) is 33.4 Å². The molecule has 3 heterocycles. The van der Waals surface area contributed by atoms with Gasteiger partial charge in [-0.25, -0.2) is 9.59 Å². The first-order valence-electron chi connectivity index (χ1n) is 12.7. The molecule has 0 radical (unpaired) electrons. The van der Waals surface area contributed by atoms with E-state index in [1.54, 1.807) is 7.11 Å². The molecular weight excluding hydrogens is 576 g/mol. The lowest BCUT2D eigenvalue weighted by Crippen LogP contribution is -2.53. The van der Waals surface area contributed by atoms with Crippen molar-refractivity contribution in [1.82, 2.24) is 14.8 Å². The van der Waals surface area contributed by atoms with Crippen molar-refractivity contribution in [1.29, 1.82) is 0 Å². The van der Waals surface area contributed by atoms with Gasteiger partial charge < -0.3 is 19.8 Å². The number of piperidine rings is 1. The second-order valence-corrected chi connectivity index (χ2v) is 9.58. The molecule has 9 nitrogen and oxygen atoms in total. The number of methoxy groups -OCH3 is 1. The Morgan fingerprint density at radius 1 is 0.952 bits per heavy atom. The molecule has 1 amide bonds. The van der Waals surface area contributed by atoms with Gasteiger partial charge in [0.25, 0.3) is 0 Å². The van der Waals surface area contributed by atoms with Gasteiger partial charge in [0.05, 0.1) is 18.2 Å². The molecule has 2 fully saturated rings. The Morgan fingerprint density at radius 3 is 1.93 bits per heavy atom. The van der Waals surface area contributed by atoms with Crippen LogP contribution in [-0.2, 0) is 25.7 Å². The molecular formula is C27H31F6N3O6. The molecule has 15 heteroatoms. The van der Waals surface area contributed by atoms with Crippen molar-refractivity contribution in [3.8, 4) is 0 Å². The van der Waals surface area contributed by atoms with Gasteiger partial charge in [0, 0.05) is 45.0 Å². The number of nitrogens with zero attached hydrogens (tertiary/aromatic N) is 3. The molecule has 2 N–H and O–H groups in total. The lowest BCUT2D eigenvalue weighted by atomic mass is 9.81. The van der Waals surface area contributed by atoms with E-state index in [-0.39, 0.29) is 17.4 Å². The number of likely N-dealkylation sites (tertiary alicyclic amines) is 2. The van der Waals surface area contributed by atoms with Crippen LogP contribution < -0.4 is 0 Å². The highest BCUT2D eigenvalue weighted by Crippen LogP contribution is 2.45. The van der Waals surface area contributed by atoms with Gasteiger partial charge in [-0.3, -0.25) is 14.7 Å². The zero-order valence-electron chi connectivity index (χ0n) is 22.6. The number of carbonyl (C=O) groups is 3. The number of alkyl halides is 6. The highest BCUT2D eigenvalue weighted by molar-refractivity contribution is 5.87. The number of pyridine rings is 1. The third-order valence-electron chi connectivity index (χ3n) is 6.83. The summed E-state index contributed by atoms with van der Waals surface area (Å²) in [4.78, 5) is 40.1. The molecule has 0 bridgehead atoms. The summed E-state index contributed by atoms with van der Waals surface area (Å²) in [5.74, 6) is -5.28. The number of hydrogen-bond donors (Lipinski definition) is 2. The Hall–Kier alpha value is -3.72. The summed E-state index contributed by atoms with van der Waals surface area (Å²) in [6, 6.07) is 16.3. The number of aromatic nitrogens is 1. The molecule has 1 atom stereocenters. The van der Waals surface area contributed by atoms with E-state index >= 15 is 0 Å². The van der Waals surface area contributed by atoms with Crippen molar-refractivity contribution in [2.24, 2.45) is 0 Å². The van der Waals surface area contributed by atoms with Crippen LogP contribution in [0.5, 0.6) is 0 Å². The Kier molecular flexibility index (Phi) is 12.3. The smallest absolute Gasteiger partial charge is 0.475 e. The van der Waals surface area contributed by atoms with E-state index in [1.807, 2.05) is 36.5 Å². The van der Waals surface area contributed by atoms with Gasteiger partial charge in [-0.15, -0.1) is 0 Å². The number of halogens is 6. The number of ether oxygens (including phenoxy) is 1. The van der Waals surface area contributed by atoms with Crippen LogP contribution in [0.1, 0.15) is 36.4 Å². The summed E-state index contributed by atoms with van der Waals surface area (Å²) in [7, 11) is 1.71. The van der Waals surface area contributed by atoms with Gasteiger partial charge in [0.1, 0.15) is 0 Å². The first kappa shape index (κ1) is 34.5. The van der Waals surface area contributed by atoms with Gasteiger partial charge in [0.2, 0.25) is 5.91 Å². The van der Waals surface area contributed by atoms with Crippen molar-refractivity contribution >= 4 is 17.8 Å². The maximum atomic E-state index is 13.3. The normalized spacial score (nSPS) is 18.5. The minimum atomic E-state index is -5.08. The minimum Gasteiger partial charge on any atom is -0.475 e. The fourth-order valence-corrected chi connectivity index (χ4v) is 4.80. The van der Waals surface area contributed by atoms with E-state index in [4.69, 9.17) is 24.5 Å². The minimum absolute atomic E-state index is 0.0274. The molecule has 0 saturated carbocycles. The predicted molar refractivity (Wildman–Crippen MR) is 136 cm³/mol. The average Bonchev–Trinajstić information content (AvgIpc) is 3.20. The summed E-state index contributed by atoms with van der Waals surface area (Å²) in [5.41, 5.74) is 2.21. The standard InChI is InChI=1S/C23H29N3O2.2C2HF3O2/c1-28-16-15-26-22(27)21(19-7-3-2-4-8-19)17-23(26)10-13-25(14-11-23)18-20-9-5-6-12-24-20;2*3-2(4,5)1(6)7/h2-9,12,21H,10-11,13-18H2,1H3;2*(H,6,7). The van der Waals surface area contributed by atoms with Gasteiger partial charge in [0.15, 0.2) is 0 Å². The SMILES string of the molecule is COCCN1C(=O)C(c2ccccc2)CC12CCN(Cc1ccccn1)CC2.O=C(O)C(F)(F)F.O=C(O)C(F)(F)F. The third-order valence-corrected chi connectivity index (χ3v) is 6.83. The van der Waals surface area contributed by atoms with Crippen LogP contribution in [0.15, 0.2) is 54.7 Å². The Labute approximate surface area is 237 Å². The zero-order valence-corrected chi connectivity index (χ0v) is 22.6. The van der Waals surface area contributed by atoms with Crippen molar-refractivity contribution in [2.45, 2.75) is 49.6 Å². The van der Waals surface area contributed by atoms with Gasteiger partial charge >= 0.3 is 24.3 Å². The number of amides is 1. The lowest BCUT2D eigenvalue weighted by Gasteiger charge is -2.45. The largest absolute Gasteiger partial charge is 0.490 e. The van der Waals surface area contributed by atoms with Crippen LogP contribution >= 0.6 is 0 Å². The van der Waals surface area contributed by atoms with Crippen LogP contribution in [0.3, 0.4) is 0 Å². The fourth-order valence-electron chi connectivity index (χ4n) is 4.80. The van der Waals surface area contributed by atoms with Gasteiger partial charge in [-0.05, 0) is 37.0 Å². The van der Waals surface area contributed by atoms with Crippen LogP contribution in [-0.4, -0.2) is 94.1 Å². The predicted octanol–water partition coefficient (Wildman–Crippen LogP) is 4.35. The highest BCUT2D eigenvalue weighted by Gasteiger charge is 2.51. The number of hydrogen-bond acceptors (Lipinski definition) is 6. The number of aliphatic carboxylic acids is 2. The molecule has 1 aromatic carbocycles. The van der Waals surface area contributed by atoms with Crippen LogP contribution in [0.2, 0.25) is 0 Å². The van der Waals surface area contributed by atoms with Gasteiger partial charge in [-0.1, -0.05) is 36.4 Å². The van der Waals surface area contributed by atoms with E-state index in [0.29, 0.717) is 13.2 Å². The summed E-state index contributed by atoms with van der Waals surface area (Å²) in [6.45, 7) is 4.14. The Morgan fingerprint density at radius 2 is 1.48 bits per heavy atom. The number of carbonyl (C=O) groups excluding carboxylic acids is 1. The van der Waals surface area contributed by atoms with E-state index < -0.39 is 24.3 Å². The van der Waals surface area contributed by atoms with Gasteiger partial charge in [-0.2, -0.15) is 26.3 Å². The molecule has 1 aromatic heterocycles. The van der Waals surface area contributed by atoms with Crippen LogP contribution in [0.25, 0.3) is 0 Å². The van der Waals surface area contributed by atoms with Crippen LogP contribution in [0.4, 0.5) is 26.3 Å². The molecule has 232 valence electrons. The first-order valence-corrected chi connectivity index (χ1v) is 12.7. The molecule has 2 aliphatic rings. The zero-order chi connectivity index (χ0) is 31.6. The molecule has 2 saturated heterocycles. The quantitative estimate of drug-likeness (QED) is 0.466. The number of carboxylic acid groups (broad SMARTS) is 2. The number of benzene rings is 1.